The molecule has 1 heterocycles. The molecule has 0 radical (unpaired) electrons. The highest BCUT2D eigenvalue weighted by Gasteiger charge is 2.29. The summed E-state index contributed by atoms with van der Waals surface area (Å²) in [6.45, 7) is 4.23. The zero-order valence-electron chi connectivity index (χ0n) is 14.8. The summed E-state index contributed by atoms with van der Waals surface area (Å²) in [7, 11) is 0. The molecule has 0 unspecified atom stereocenters. The summed E-state index contributed by atoms with van der Waals surface area (Å²) in [6, 6.07) is 8.00. The van der Waals surface area contributed by atoms with Crippen LogP contribution in [0.4, 0.5) is 0 Å². The minimum atomic E-state index is -0.180. The lowest BCUT2D eigenvalue weighted by atomic mass is 9.83. The van der Waals surface area contributed by atoms with Gasteiger partial charge in [-0.05, 0) is 50.8 Å². The summed E-state index contributed by atoms with van der Waals surface area (Å²) >= 11 is 0. The van der Waals surface area contributed by atoms with Crippen LogP contribution in [-0.4, -0.2) is 17.0 Å². The van der Waals surface area contributed by atoms with Crippen LogP contribution in [0.25, 0.3) is 0 Å². The van der Waals surface area contributed by atoms with Gasteiger partial charge >= 0.3 is 0 Å². The molecule has 1 saturated carbocycles. The van der Waals surface area contributed by atoms with E-state index in [-0.39, 0.29) is 11.5 Å². The van der Waals surface area contributed by atoms with E-state index >= 15 is 0 Å². The number of hydrogen-bond acceptors (Lipinski definition) is 3. The predicted molar refractivity (Wildman–Crippen MR) is 96.3 cm³/mol. The number of fused-ring (bicyclic) bond motifs is 1. The fourth-order valence-corrected chi connectivity index (χ4v) is 4.05. The van der Waals surface area contributed by atoms with Crippen LogP contribution in [-0.2, 0) is 11.2 Å². The molecule has 1 aromatic rings. The first kappa shape index (κ1) is 16.9. The Balaban J connectivity index is 1.87. The van der Waals surface area contributed by atoms with E-state index in [1.807, 2.05) is 18.2 Å². The quantitative estimate of drug-likeness (QED) is 0.763. The van der Waals surface area contributed by atoms with Crippen LogP contribution in [0.15, 0.2) is 23.2 Å². The molecule has 0 bridgehead atoms. The Morgan fingerprint density at radius 2 is 1.96 bits per heavy atom. The molecule has 3 nitrogen and oxygen atoms in total. The van der Waals surface area contributed by atoms with Gasteiger partial charge < -0.3 is 0 Å². The number of Topliss-reactive ketones (excluding diaryl/α,β-unsaturated/α-hetero) is 1. The summed E-state index contributed by atoms with van der Waals surface area (Å²) in [5.74, 6) is 0.532. The van der Waals surface area contributed by atoms with E-state index in [2.05, 4.69) is 19.9 Å². The molecule has 0 saturated heterocycles. The van der Waals surface area contributed by atoms with E-state index in [1.54, 1.807) is 0 Å². The lowest BCUT2D eigenvalue weighted by Crippen LogP contribution is -2.31. The molecule has 1 aliphatic heterocycles. The molecule has 3 rings (SSSR count). The van der Waals surface area contributed by atoms with Crippen molar-refractivity contribution < 1.29 is 4.79 Å². The second-order valence-electron chi connectivity index (χ2n) is 7.86. The number of nitrogens with zero attached hydrogens (tertiary/aromatic N) is 2. The highest BCUT2D eigenvalue weighted by atomic mass is 16.1. The molecule has 24 heavy (non-hydrogen) atoms. The van der Waals surface area contributed by atoms with Crippen molar-refractivity contribution in [3.63, 3.8) is 0 Å². The number of rotatable bonds is 3. The molecule has 0 aromatic heterocycles. The second-order valence-corrected chi connectivity index (χ2v) is 7.86. The highest BCUT2D eigenvalue weighted by Crippen LogP contribution is 2.31. The number of benzene rings is 1. The fourth-order valence-electron chi connectivity index (χ4n) is 4.05. The van der Waals surface area contributed by atoms with Crippen LogP contribution >= 0.6 is 0 Å². The van der Waals surface area contributed by atoms with Gasteiger partial charge in [0.1, 0.15) is 5.78 Å². The Morgan fingerprint density at radius 1 is 1.25 bits per heavy atom. The van der Waals surface area contributed by atoms with Crippen LogP contribution in [0, 0.1) is 17.2 Å². The van der Waals surface area contributed by atoms with E-state index in [0.29, 0.717) is 17.8 Å². The zero-order valence-corrected chi connectivity index (χ0v) is 14.8. The Bertz CT molecular complexity index is 701. The van der Waals surface area contributed by atoms with Gasteiger partial charge in [0.15, 0.2) is 0 Å². The van der Waals surface area contributed by atoms with Crippen LogP contribution in [0.5, 0.6) is 0 Å². The molecule has 126 valence electrons. The summed E-state index contributed by atoms with van der Waals surface area (Å²) in [4.78, 5) is 17.7. The first-order valence-electron chi connectivity index (χ1n) is 9.13. The van der Waals surface area contributed by atoms with Crippen molar-refractivity contribution in [3.05, 3.63) is 34.9 Å². The maximum Gasteiger partial charge on any atom is 0.141 e. The van der Waals surface area contributed by atoms with Crippen molar-refractivity contribution in [2.45, 2.75) is 70.8 Å². The normalized spacial score (nSPS) is 20.5. The van der Waals surface area contributed by atoms with Gasteiger partial charge in [-0.2, -0.15) is 5.26 Å². The maximum absolute atomic E-state index is 12.8. The Hall–Kier alpha value is -1.95. The van der Waals surface area contributed by atoms with Gasteiger partial charge in [0.2, 0.25) is 0 Å². The minimum Gasteiger partial charge on any atom is -0.299 e. The predicted octanol–water partition coefficient (Wildman–Crippen LogP) is 4.61. The zero-order chi connectivity index (χ0) is 17.2. The van der Waals surface area contributed by atoms with E-state index < -0.39 is 0 Å². The van der Waals surface area contributed by atoms with Gasteiger partial charge in [0, 0.05) is 17.9 Å². The van der Waals surface area contributed by atoms with Crippen molar-refractivity contribution in [1.29, 1.82) is 5.26 Å². The van der Waals surface area contributed by atoms with Crippen LogP contribution < -0.4 is 0 Å². The van der Waals surface area contributed by atoms with Crippen molar-refractivity contribution in [2.75, 3.05) is 0 Å². The number of aliphatic imine (C=N–C) groups is 1. The summed E-state index contributed by atoms with van der Waals surface area (Å²) < 4.78 is 0. The van der Waals surface area contributed by atoms with Crippen LogP contribution in [0.1, 0.15) is 75.5 Å². The first-order chi connectivity index (χ1) is 11.5. The lowest BCUT2D eigenvalue weighted by Gasteiger charge is -2.29. The van der Waals surface area contributed by atoms with Crippen molar-refractivity contribution in [3.8, 4) is 6.07 Å². The third kappa shape index (κ3) is 3.75. The van der Waals surface area contributed by atoms with Gasteiger partial charge in [-0.15, -0.1) is 0 Å². The lowest BCUT2D eigenvalue weighted by molar-refractivity contribution is -0.122. The van der Waals surface area contributed by atoms with Gasteiger partial charge in [0.05, 0.1) is 22.9 Å². The first-order valence-corrected chi connectivity index (χ1v) is 9.13. The van der Waals surface area contributed by atoms with E-state index in [9.17, 15) is 10.1 Å². The SMILES string of the molecule is CC1(C)Cc2ccc(C#N)cc2C(CC(=O)C2CCCCCC2)=N1. The van der Waals surface area contributed by atoms with Crippen molar-refractivity contribution >= 4 is 11.5 Å². The fraction of sp³-hybridized carbons (Fsp3) is 0.571. The summed E-state index contributed by atoms with van der Waals surface area (Å²) in [5, 5.41) is 9.19. The molecule has 2 aliphatic rings. The molecule has 0 amide bonds. The average molecular weight is 322 g/mol. The topological polar surface area (TPSA) is 53.2 Å². The standard InChI is InChI=1S/C21H26N2O/c1-21(2)13-17-10-9-15(14-22)11-18(17)19(23-21)12-20(24)16-7-5-3-4-6-8-16/h9-11,16H,3-8,12-13H2,1-2H3. The van der Waals surface area contributed by atoms with Gasteiger partial charge in [-0.1, -0.05) is 31.7 Å². The molecule has 0 N–H and O–H groups in total. The molecular weight excluding hydrogens is 296 g/mol. The van der Waals surface area contributed by atoms with Crippen LogP contribution in [0.2, 0.25) is 0 Å². The Kier molecular flexibility index (Phi) is 4.85. The Morgan fingerprint density at radius 3 is 2.62 bits per heavy atom. The molecule has 1 aromatic carbocycles. The number of hydrogen-bond donors (Lipinski definition) is 0. The average Bonchev–Trinajstić information content (AvgIpc) is 2.83. The number of ketones is 1. The molecule has 1 aliphatic carbocycles. The largest absolute Gasteiger partial charge is 0.299 e. The van der Waals surface area contributed by atoms with Gasteiger partial charge in [-0.3, -0.25) is 9.79 Å². The monoisotopic (exact) mass is 322 g/mol. The third-order valence-corrected chi connectivity index (χ3v) is 5.26. The second kappa shape index (κ2) is 6.89. The summed E-state index contributed by atoms with van der Waals surface area (Å²) in [5.41, 5.74) is 3.56. The van der Waals surface area contributed by atoms with Crippen LogP contribution in [0.3, 0.4) is 0 Å². The molecular formula is C21H26N2O. The molecule has 0 spiro atoms. The summed E-state index contributed by atoms with van der Waals surface area (Å²) in [6.07, 6.45) is 8.18. The molecule has 0 atom stereocenters. The van der Waals surface area contributed by atoms with Gasteiger partial charge in [0.25, 0.3) is 0 Å². The minimum absolute atomic E-state index is 0.180. The third-order valence-electron chi connectivity index (χ3n) is 5.26. The number of carbonyl (C=O) groups is 1. The van der Waals surface area contributed by atoms with Crippen molar-refractivity contribution in [1.82, 2.24) is 0 Å². The van der Waals surface area contributed by atoms with E-state index in [4.69, 9.17) is 4.99 Å². The highest BCUT2D eigenvalue weighted by molar-refractivity contribution is 6.13. The maximum atomic E-state index is 12.8. The molecule has 1 fully saturated rings. The van der Waals surface area contributed by atoms with Crippen molar-refractivity contribution in [2.24, 2.45) is 10.9 Å². The van der Waals surface area contributed by atoms with E-state index in [0.717, 1.165) is 30.5 Å². The van der Waals surface area contributed by atoms with E-state index in [1.165, 1.54) is 31.2 Å². The molecule has 3 heteroatoms. The number of carbonyl (C=O) groups excluding carboxylic acids is 1. The smallest absolute Gasteiger partial charge is 0.141 e. The van der Waals surface area contributed by atoms with Gasteiger partial charge in [-0.25, -0.2) is 0 Å². The number of nitriles is 1. The Labute approximate surface area is 144 Å².